The predicted molar refractivity (Wildman–Crippen MR) is 117 cm³/mol. The Balaban J connectivity index is 1.45. The number of carbonyl (C=O) groups is 2. The van der Waals surface area contributed by atoms with Crippen LogP contribution in [0.15, 0.2) is 42.5 Å². The molecule has 1 unspecified atom stereocenters. The highest BCUT2D eigenvalue weighted by atomic mass is 16.2. The summed E-state index contributed by atoms with van der Waals surface area (Å²) in [7, 11) is 0. The van der Waals surface area contributed by atoms with E-state index in [2.05, 4.69) is 59.6 Å². The Bertz CT molecular complexity index is 889. The molecule has 4 nitrogen and oxygen atoms in total. The van der Waals surface area contributed by atoms with Gasteiger partial charge in [0.05, 0.1) is 0 Å². The highest BCUT2D eigenvalue weighted by Gasteiger charge is 2.38. The highest BCUT2D eigenvalue weighted by molar-refractivity contribution is 5.83. The summed E-state index contributed by atoms with van der Waals surface area (Å²) in [6.07, 6.45) is 6.90. The fraction of sp³-hybridized carbons (Fsp3) is 0.520. The second-order valence-corrected chi connectivity index (χ2v) is 8.97. The van der Waals surface area contributed by atoms with Gasteiger partial charge in [-0.05, 0) is 60.8 Å². The number of hydrogen-bond donors (Lipinski definition) is 1. The summed E-state index contributed by atoms with van der Waals surface area (Å²) in [6.45, 7) is 3.89. The van der Waals surface area contributed by atoms with Gasteiger partial charge in [-0.1, -0.05) is 49.4 Å². The van der Waals surface area contributed by atoms with Gasteiger partial charge in [0.15, 0.2) is 0 Å². The smallest absolute Gasteiger partial charge is 0.222 e. The molecule has 1 heterocycles. The van der Waals surface area contributed by atoms with Crippen LogP contribution in [0.1, 0.15) is 57.4 Å². The van der Waals surface area contributed by atoms with Gasteiger partial charge in [0, 0.05) is 31.5 Å². The molecule has 4 heteroatoms. The molecule has 1 aliphatic carbocycles. The molecule has 154 valence electrons. The van der Waals surface area contributed by atoms with Gasteiger partial charge in [-0.3, -0.25) is 9.59 Å². The lowest BCUT2D eigenvalue weighted by Gasteiger charge is -2.31. The summed E-state index contributed by atoms with van der Waals surface area (Å²) in [6, 6.07) is 14.9. The average molecular weight is 393 g/mol. The number of nitrogens with zero attached hydrogens (tertiary/aromatic N) is 1. The van der Waals surface area contributed by atoms with Crippen molar-refractivity contribution < 1.29 is 9.59 Å². The number of rotatable bonds is 9. The third-order valence-corrected chi connectivity index (χ3v) is 6.43. The van der Waals surface area contributed by atoms with E-state index in [1.165, 1.54) is 29.2 Å². The van der Waals surface area contributed by atoms with Crippen molar-refractivity contribution in [1.82, 2.24) is 10.2 Å². The van der Waals surface area contributed by atoms with E-state index < -0.39 is 0 Å². The first-order chi connectivity index (χ1) is 14.1. The minimum atomic E-state index is -0.299. The lowest BCUT2D eigenvalue weighted by atomic mass is 9.84. The lowest BCUT2D eigenvalue weighted by molar-refractivity contribution is -0.132. The van der Waals surface area contributed by atoms with E-state index in [0.29, 0.717) is 18.8 Å². The zero-order valence-electron chi connectivity index (χ0n) is 17.5. The third-order valence-electron chi connectivity index (χ3n) is 6.43. The van der Waals surface area contributed by atoms with Crippen molar-refractivity contribution in [3.63, 3.8) is 0 Å². The van der Waals surface area contributed by atoms with E-state index in [1.54, 1.807) is 0 Å². The molecule has 2 amide bonds. The van der Waals surface area contributed by atoms with E-state index in [1.807, 2.05) is 0 Å². The van der Waals surface area contributed by atoms with Crippen molar-refractivity contribution in [3.05, 3.63) is 48.0 Å². The fourth-order valence-corrected chi connectivity index (χ4v) is 4.63. The summed E-state index contributed by atoms with van der Waals surface area (Å²) in [5.41, 5.74) is 0.925. The van der Waals surface area contributed by atoms with Gasteiger partial charge < -0.3 is 10.2 Å². The molecule has 0 radical (unpaired) electrons. The number of hydrogen-bond acceptors (Lipinski definition) is 2. The minimum absolute atomic E-state index is 0.113. The van der Waals surface area contributed by atoms with Crippen molar-refractivity contribution in [1.29, 1.82) is 0 Å². The van der Waals surface area contributed by atoms with Crippen molar-refractivity contribution in [3.8, 4) is 0 Å². The molecule has 2 fully saturated rings. The Morgan fingerprint density at radius 2 is 1.97 bits per heavy atom. The molecule has 1 saturated heterocycles. The van der Waals surface area contributed by atoms with Crippen LogP contribution in [0.5, 0.6) is 0 Å². The summed E-state index contributed by atoms with van der Waals surface area (Å²) in [5.74, 6) is 1.07. The van der Waals surface area contributed by atoms with Crippen LogP contribution in [-0.4, -0.2) is 35.3 Å². The molecular formula is C25H32N2O2. The van der Waals surface area contributed by atoms with E-state index in [9.17, 15) is 9.59 Å². The molecule has 2 aromatic carbocycles. The Hall–Kier alpha value is -2.36. The maximum atomic E-state index is 12.9. The quantitative estimate of drug-likeness (QED) is 0.685. The summed E-state index contributed by atoms with van der Waals surface area (Å²) < 4.78 is 0. The molecule has 1 atom stereocenters. The minimum Gasteiger partial charge on any atom is -0.350 e. The van der Waals surface area contributed by atoms with Crippen LogP contribution in [0.3, 0.4) is 0 Å². The fourth-order valence-electron chi connectivity index (χ4n) is 4.63. The van der Waals surface area contributed by atoms with Crippen LogP contribution in [0.25, 0.3) is 10.8 Å². The largest absolute Gasteiger partial charge is 0.350 e. The highest BCUT2D eigenvalue weighted by Crippen LogP contribution is 2.32. The maximum absolute atomic E-state index is 12.9. The monoisotopic (exact) mass is 392 g/mol. The van der Waals surface area contributed by atoms with Crippen molar-refractivity contribution >= 4 is 22.6 Å². The zero-order valence-corrected chi connectivity index (χ0v) is 17.5. The standard InChI is InChI=1S/C25H32N2O2/c1-2-15-27(18-19-7-8-19)24(29)12-14-25(13-11-23(28)26-25)17-20-9-10-21-5-3-4-6-22(21)16-20/h3-6,9-10,16,19H,2,7-8,11-15,17-18H2,1H3,(H,26,28). The van der Waals surface area contributed by atoms with Gasteiger partial charge in [0.2, 0.25) is 11.8 Å². The van der Waals surface area contributed by atoms with Crippen LogP contribution >= 0.6 is 0 Å². The molecule has 0 aromatic heterocycles. The van der Waals surface area contributed by atoms with Gasteiger partial charge in [-0.25, -0.2) is 0 Å². The topological polar surface area (TPSA) is 49.4 Å². The Morgan fingerprint density at radius 3 is 2.66 bits per heavy atom. The number of amides is 2. The second kappa shape index (κ2) is 8.56. The summed E-state index contributed by atoms with van der Waals surface area (Å²) in [4.78, 5) is 27.1. The molecule has 4 rings (SSSR count). The molecule has 2 aromatic rings. The first-order valence-corrected chi connectivity index (χ1v) is 11.1. The van der Waals surface area contributed by atoms with Crippen LogP contribution in [0.2, 0.25) is 0 Å². The van der Waals surface area contributed by atoms with Crippen LogP contribution in [0, 0.1) is 5.92 Å². The number of carbonyl (C=O) groups excluding carboxylic acids is 2. The first-order valence-electron chi connectivity index (χ1n) is 11.1. The maximum Gasteiger partial charge on any atom is 0.222 e. The molecule has 2 aliphatic rings. The molecule has 1 N–H and O–H groups in total. The lowest BCUT2D eigenvalue weighted by Crippen LogP contribution is -2.45. The Morgan fingerprint density at radius 1 is 1.17 bits per heavy atom. The first kappa shape index (κ1) is 19.9. The van der Waals surface area contributed by atoms with E-state index in [0.717, 1.165) is 38.8 Å². The van der Waals surface area contributed by atoms with E-state index in [-0.39, 0.29) is 17.4 Å². The molecule has 0 spiro atoms. The zero-order chi connectivity index (χ0) is 20.3. The van der Waals surface area contributed by atoms with Crippen molar-refractivity contribution in [2.45, 2.75) is 63.8 Å². The second-order valence-electron chi connectivity index (χ2n) is 8.97. The summed E-state index contributed by atoms with van der Waals surface area (Å²) in [5, 5.41) is 5.68. The summed E-state index contributed by atoms with van der Waals surface area (Å²) >= 11 is 0. The molecular weight excluding hydrogens is 360 g/mol. The number of fused-ring (bicyclic) bond motifs is 1. The van der Waals surface area contributed by atoms with Crippen molar-refractivity contribution in [2.75, 3.05) is 13.1 Å². The third kappa shape index (κ3) is 4.98. The normalized spacial score (nSPS) is 21.3. The molecule has 0 bridgehead atoms. The van der Waals surface area contributed by atoms with E-state index >= 15 is 0 Å². The van der Waals surface area contributed by atoms with Gasteiger partial charge in [-0.15, -0.1) is 0 Å². The Labute approximate surface area is 173 Å². The van der Waals surface area contributed by atoms with Gasteiger partial charge in [0.1, 0.15) is 0 Å². The molecule has 1 saturated carbocycles. The Kier molecular flexibility index (Phi) is 5.89. The number of benzene rings is 2. The predicted octanol–water partition coefficient (Wildman–Crippen LogP) is 4.46. The van der Waals surface area contributed by atoms with Crippen molar-refractivity contribution in [2.24, 2.45) is 5.92 Å². The average Bonchev–Trinajstić information content (AvgIpc) is 3.47. The molecule has 1 aliphatic heterocycles. The van der Waals surface area contributed by atoms with E-state index in [4.69, 9.17) is 0 Å². The van der Waals surface area contributed by atoms with Crippen LogP contribution in [0.4, 0.5) is 0 Å². The van der Waals surface area contributed by atoms with Gasteiger partial charge in [-0.2, -0.15) is 0 Å². The van der Waals surface area contributed by atoms with Gasteiger partial charge in [0.25, 0.3) is 0 Å². The molecule has 29 heavy (non-hydrogen) atoms. The SMILES string of the molecule is CCCN(CC1CC1)C(=O)CCC1(Cc2ccc3ccccc3c2)CCC(=O)N1. The van der Waals surface area contributed by atoms with Crippen LogP contribution in [-0.2, 0) is 16.0 Å². The van der Waals surface area contributed by atoms with Crippen LogP contribution < -0.4 is 5.32 Å². The number of nitrogens with one attached hydrogen (secondary N) is 1. The van der Waals surface area contributed by atoms with Gasteiger partial charge >= 0.3 is 0 Å².